The van der Waals surface area contributed by atoms with Crippen LogP contribution in [0.25, 0.3) is 22.3 Å². The fraction of sp³-hybridized carbons (Fsp3) is 0.278. The number of H-pyrrole nitrogens is 1. The average Bonchev–Trinajstić information content (AvgIpc) is 2.97. The molecule has 0 bridgehead atoms. The van der Waals surface area contributed by atoms with E-state index in [1.807, 2.05) is 0 Å². The van der Waals surface area contributed by atoms with Gasteiger partial charge in [0.2, 0.25) is 0 Å². The van der Waals surface area contributed by atoms with Crippen molar-refractivity contribution in [3.8, 4) is 11.3 Å². The smallest absolute Gasteiger partial charge is 0.323 e. The van der Waals surface area contributed by atoms with Crippen LogP contribution in [0.15, 0.2) is 30.5 Å². The molecular weight excluding hydrogens is 371 g/mol. The van der Waals surface area contributed by atoms with Crippen LogP contribution in [0.5, 0.6) is 0 Å². The summed E-state index contributed by atoms with van der Waals surface area (Å²) in [5, 5.41) is 3.14. The minimum atomic E-state index is -3.07. The first-order chi connectivity index (χ1) is 12.8. The summed E-state index contributed by atoms with van der Waals surface area (Å²) in [6, 6.07) is 6.78. The Bertz CT molecular complexity index is 1030. The number of alkyl halides is 2. The number of urea groups is 1. The number of pyridine rings is 2. The van der Waals surface area contributed by atoms with Crippen molar-refractivity contribution in [2.24, 2.45) is 0 Å². The van der Waals surface area contributed by atoms with Crippen LogP contribution in [0.3, 0.4) is 0 Å². The highest BCUT2D eigenvalue weighted by Crippen LogP contribution is 2.41. The zero-order valence-electron chi connectivity index (χ0n) is 14.6. The van der Waals surface area contributed by atoms with Crippen molar-refractivity contribution >= 4 is 32.1 Å². The van der Waals surface area contributed by atoms with Crippen molar-refractivity contribution in [1.82, 2.24) is 20.3 Å². The van der Waals surface area contributed by atoms with Crippen LogP contribution < -0.4 is 10.2 Å². The topological polar surface area (TPSA) is 73.9 Å². The first-order valence-corrected chi connectivity index (χ1v) is 9.10. The lowest BCUT2D eigenvalue weighted by Crippen LogP contribution is -2.46. The predicted molar refractivity (Wildman–Crippen MR) is 103 cm³/mol. The van der Waals surface area contributed by atoms with E-state index in [-0.39, 0.29) is 11.6 Å². The number of hydrogen-bond donors (Lipinski definition) is 2. The van der Waals surface area contributed by atoms with Crippen molar-refractivity contribution in [2.75, 3.05) is 18.0 Å². The van der Waals surface area contributed by atoms with Crippen LogP contribution in [0.2, 0.25) is 0 Å². The second-order valence-electron chi connectivity index (χ2n) is 6.49. The van der Waals surface area contributed by atoms with Gasteiger partial charge in [0.05, 0.1) is 11.3 Å². The SMILES string of the molecule is Cc1[nH]c2ncc(-c3cccc(N4CCCNC4=O)n3)cc2c1C(F)(F)P. The van der Waals surface area contributed by atoms with Gasteiger partial charge in [-0.25, -0.2) is 14.8 Å². The molecule has 3 aromatic rings. The van der Waals surface area contributed by atoms with Crippen LogP contribution >= 0.6 is 9.24 Å². The zero-order valence-corrected chi connectivity index (χ0v) is 15.7. The van der Waals surface area contributed by atoms with Gasteiger partial charge in [-0.2, -0.15) is 8.78 Å². The van der Waals surface area contributed by atoms with Gasteiger partial charge in [0.1, 0.15) is 11.5 Å². The van der Waals surface area contributed by atoms with Crippen molar-refractivity contribution < 1.29 is 13.6 Å². The number of carbonyl (C=O) groups is 1. The highest BCUT2D eigenvalue weighted by molar-refractivity contribution is 7.17. The summed E-state index contributed by atoms with van der Waals surface area (Å²) in [6.07, 6.45) is 2.42. The van der Waals surface area contributed by atoms with E-state index < -0.39 is 5.66 Å². The molecule has 1 unspecified atom stereocenters. The molecule has 0 aromatic carbocycles. The molecule has 9 heteroatoms. The first-order valence-electron chi connectivity index (χ1n) is 8.53. The molecule has 1 aliphatic heterocycles. The van der Waals surface area contributed by atoms with Gasteiger partial charge in [0.15, 0.2) is 0 Å². The Morgan fingerprint density at radius 2 is 2.15 bits per heavy atom. The maximum Gasteiger partial charge on any atom is 0.323 e. The van der Waals surface area contributed by atoms with E-state index in [1.54, 1.807) is 51.5 Å². The first kappa shape index (κ1) is 17.8. The maximum atomic E-state index is 14.0. The number of nitrogens with zero attached hydrogens (tertiary/aromatic N) is 3. The van der Waals surface area contributed by atoms with Crippen LogP contribution in [-0.2, 0) is 5.66 Å². The van der Waals surface area contributed by atoms with Gasteiger partial charge in [-0.15, -0.1) is 0 Å². The van der Waals surface area contributed by atoms with Gasteiger partial charge >= 0.3 is 6.03 Å². The van der Waals surface area contributed by atoms with E-state index in [0.717, 1.165) is 6.42 Å². The van der Waals surface area contributed by atoms with E-state index in [0.29, 0.717) is 46.9 Å². The van der Waals surface area contributed by atoms with Crippen LogP contribution in [0.4, 0.5) is 19.4 Å². The molecule has 3 aromatic heterocycles. The summed E-state index contributed by atoms with van der Waals surface area (Å²) in [7, 11) is 1.57. The number of nitrogens with one attached hydrogen (secondary N) is 2. The quantitative estimate of drug-likeness (QED) is 0.670. The lowest BCUT2D eigenvalue weighted by Gasteiger charge is -2.26. The number of carbonyl (C=O) groups excluding carboxylic acids is 1. The number of amides is 2. The zero-order chi connectivity index (χ0) is 19.2. The van der Waals surface area contributed by atoms with Gasteiger partial charge in [-0.1, -0.05) is 15.3 Å². The Morgan fingerprint density at radius 3 is 2.89 bits per heavy atom. The number of aryl methyl sites for hydroxylation is 1. The third-order valence-corrected chi connectivity index (χ3v) is 4.85. The molecule has 2 amide bonds. The molecule has 0 spiro atoms. The molecule has 1 atom stereocenters. The summed E-state index contributed by atoms with van der Waals surface area (Å²) < 4.78 is 28.0. The molecule has 0 saturated carbocycles. The van der Waals surface area contributed by atoms with E-state index in [4.69, 9.17) is 0 Å². The maximum absolute atomic E-state index is 14.0. The van der Waals surface area contributed by atoms with Gasteiger partial charge in [-0.05, 0) is 31.5 Å². The number of anilines is 1. The Hall–Kier alpha value is -2.60. The van der Waals surface area contributed by atoms with Crippen LogP contribution in [-0.4, -0.2) is 34.1 Å². The summed E-state index contributed by atoms with van der Waals surface area (Å²) in [5.74, 6) is 0.520. The minimum absolute atomic E-state index is 0.0941. The van der Waals surface area contributed by atoms with E-state index in [1.165, 1.54) is 0 Å². The molecule has 0 aliphatic carbocycles. The molecule has 4 heterocycles. The lowest BCUT2D eigenvalue weighted by atomic mass is 10.1. The third kappa shape index (κ3) is 3.25. The van der Waals surface area contributed by atoms with Crippen LogP contribution in [0.1, 0.15) is 17.7 Å². The largest absolute Gasteiger partial charge is 0.343 e. The molecule has 6 nitrogen and oxygen atoms in total. The number of aromatic nitrogens is 3. The standard InChI is InChI=1S/C18H18F2N5OP/c1-10-15(18(19,20)27)12-8-11(9-22-16(12)23-10)13-4-2-5-14(24-13)25-7-3-6-21-17(25)26/h2,4-5,8-9H,3,6-7,27H2,1H3,(H,21,26)(H,22,23). The van der Waals surface area contributed by atoms with Crippen molar-refractivity contribution in [3.05, 3.63) is 41.7 Å². The molecule has 1 saturated heterocycles. The van der Waals surface area contributed by atoms with E-state index in [2.05, 4.69) is 20.3 Å². The average molecular weight is 389 g/mol. The summed E-state index contributed by atoms with van der Waals surface area (Å²) in [4.78, 5) is 25.3. The fourth-order valence-electron chi connectivity index (χ4n) is 3.35. The highest BCUT2D eigenvalue weighted by atomic mass is 31.0. The fourth-order valence-corrected chi connectivity index (χ4v) is 3.72. The highest BCUT2D eigenvalue weighted by Gasteiger charge is 2.31. The molecule has 27 heavy (non-hydrogen) atoms. The second-order valence-corrected chi connectivity index (χ2v) is 7.21. The van der Waals surface area contributed by atoms with Crippen molar-refractivity contribution in [1.29, 1.82) is 0 Å². The van der Waals surface area contributed by atoms with Gasteiger partial charge in [0, 0.05) is 35.9 Å². The van der Waals surface area contributed by atoms with Gasteiger partial charge < -0.3 is 10.3 Å². The number of halogens is 2. The van der Waals surface area contributed by atoms with Gasteiger partial charge in [-0.3, -0.25) is 4.90 Å². The third-order valence-electron chi connectivity index (χ3n) is 4.56. The number of aromatic amines is 1. The van der Waals surface area contributed by atoms with Crippen molar-refractivity contribution in [2.45, 2.75) is 19.0 Å². The summed E-state index contributed by atoms with van der Waals surface area (Å²) >= 11 is 0. The Labute approximate surface area is 156 Å². The molecule has 140 valence electrons. The molecule has 0 radical (unpaired) electrons. The van der Waals surface area contributed by atoms with Gasteiger partial charge in [0.25, 0.3) is 5.66 Å². The number of rotatable bonds is 3. The monoisotopic (exact) mass is 389 g/mol. The lowest BCUT2D eigenvalue weighted by molar-refractivity contribution is 0.105. The van der Waals surface area contributed by atoms with E-state index in [9.17, 15) is 13.6 Å². The van der Waals surface area contributed by atoms with Crippen molar-refractivity contribution in [3.63, 3.8) is 0 Å². The van der Waals surface area contributed by atoms with E-state index >= 15 is 0 Å². The minimum Gasteiger partial charge on any atom is -0.343 e. The number of fused-ring (bicyclic) bond motifs is 1. The summed E-state index contributed by atoms with van der Waals surface area (Å²) in [6.45, 7) is 2.83. The normalized spacial score (nSPS) is 15.3. The molecule has 1 fully saturated rings. The summed E-state index contributed by atoms with van der Waals surface area (Å²) in [5.41, 5.74) is -1.21. The predicted octanol–water partition coefficient (Wildman–Crippen LogP) is 3.78. The van der Waals surface area contributed by atoms with Crippen LogP contribution in [0, 0.1) is 6.92 Å². The molecule has 1 aliphatic rings. The molecule has 4 rings (SSSR count). The second kappa shape index (κ2) is 6.53. The Balaban J connectivity index is 1.79. The molecule has 2 N–H and O–H groups in total. The Morgan fingerprint density at radius 1 is 1.33 bits per heavy atom. The number of hydrogen-bond acceptors (Lipinski definition) is 3. The Kier molecular flexibility index (Phi) is 4.30. The molecular formula is C18H18F2N5OP.